The van der Waals surface area contributed by atoms with Crippen molar-refractivity contribution in [2.75, 3.05) is 30.8 Å². The third-order valence-corrected chi connectivity index (χ3v) is 5.57. The molecule has 1 atom stereocenters. The number of halogens is 2. The summed E-state index contributed by atoms with van der Waals surface area (Å²) in [7, 11) is 1.56. The summed E-state index contributed by atoms with van der Waals surface area (Å²) in [6.45, 7) is 2.75. The highest BCUT2D eigenvalue weighted by Crippen LogP contribution is 2.34. The Morgan fingerprint density at radius 2 is 2.03 bits per heavy atom. The lowest BCUT2D eigenvalue weighted by atomic mass is 10.1. The molecular formula is C25H27F2N5O3. The minimum Gasteiger partial charge on any atom is -0.496 e. The molecule has 1 unspecified atom stereocenters. The van der Waals surface area contributed by atoms with Gasteiger partial charge in [0.1, 0.15) is 18.4 Å². The Bertz CT molecular complexity index is 1240. The zero-order chi connectivity index (χ0) is 25.0. The number of alkyl halides is 2. The fourth-order valence-corrected chi connectivity index (χ4v) is 3.66. The largest absolute Gasteiger partial charge is 0.496 e. The summed E-state index contributed by atoms with van der Waals surface area (Å²) >= 11 is 0. The van der Waals surface area contributed by atoms with Gasteiger partial charge in [0, 0.05) is 37.6 Å². The molecule has 0 spiro atoms. The standard InChI is InChI=1S/C25H25F2N5O3.H2/c1-16-21(14-35-15-30-18-6-4-5-17(11-18)25(2,26)27)24(33)32(31-16)19-7-8-23(34-3)20(12-19)22-13-28-9-10-29-22;/h4-13,21,30H,14-15H2,1-3H3;1H. The average molecular weight is 484 g/mol. The van der Waals surface area contributed by atoms with E-state index < -0.39 is 11.8 Å². The Kier molecular flexibility index (Phi) is 7.02. The first-order chi connectivity index (χ1) is 16.8. The lowest BCUT2D eigenvalue weighted by molar-refractivity contribution is -0.121. The molecule has 184 valence electrons. The van der Waals surface area contributed by atoms with E-state index in [4.69, 9.17) is 9.47 Å². The predicted octanol–water partition coefficient (Wildman–Crippen LogP) is 4.93. The molecular weight excluding hydrogens is 456 g/mol. The number of nitrogens with one attached hydrogen (secondary N) is 1. The lowest BCUT2D eigenvalue weighted by Gasteiger charge is -2.17. The van der Waals surface area contributed by atoms with Crippen molar-refractivity contribution < 1.29 is 24.5 Å². The maximum Gasteiger partial charge on any atom is 0.270 e. The second-order valence-corrected chi connectivity index (χ2v) is 8.08. The molecule has 2 heterocycles. The van der Waals surface area contributed by atoms with Gasteiger partial charge in [-0.25, -0.2) is 13.8 Å². The summed E-state index contributed by atoms with van der Waals surface area (Å²) in [5, 5.41) is 8.71. The second kappa shape index (κ2) is 10.1. The van der Waals surface area contributed by atoms with Gasteiger partial charge in [-0.3, -0.25) is 14.8 Å². The van der Waals surface area contributed by atoms with Gasteiger partial charge < -0.3 is 14.8 Å². The summed E-state index contributed by atoms with van der Waals surface area (Å²) < 4.78 is 38.1. The van der Waals surface area contributed by atoms with Crippen molar-refractivity contribution in [3.63, 3.8) is 0 Å². The van der Waals surface area contributed by atoms with Crippen molar-refractivity contribution in [3.05, 3.63) is 66.6 Å². The van der Waals surface area contributed by atoms with Crippen molar-refractivity contribution in [3.8, 4) is 17.0 Å². The number of ether oxygens (including phenoxy) is 2. The number of hydrazone groups is 1. The molecule has 10 heteroatoms. The molecule has 1 aliphatic heterocycles. The number of carbonyl (C=O) groups excluding carboxylic acids is 1. The number of amides is 1. The molecule has 4 rings (SSSR count). The first kappa shape index (κ1) is 24.2. The molecule has 1 aromatic heterocycles. The van der Waals surface area contributed by atoms with Crippen molar-refractivity contribution >= 4 is 23.0 Å². The molecule has 0 bridgehead atoms. The smallest absolute Gasteiger partial charge is 0.270 e. The number of hydrogen-bond acceptors (Lipinski definition) is 7. The maximum absolute atomic E-state index is 13.5. The minimum absolute atomic E-state index is 0. The first-order valence-electron chi connectivity index (χ1n) is 10.9. The van der Waals surface area contributed by atoms with E-state index in [9.17, 15) is 13.6 Å². The summed E-state index contributed by atoms with van der Waals surface area (Å²) in [6, 6.07) is 11.2. The van der Waals surface area contributed by atoms with E-state index >= 15 is 0 Å². The van der Waals surface area contributed by atoms with Crippen LogP contribution in [-0.2, 0) is 15.5 Å². The van der Waals surface area contributed by atoms with E-state index in [1.54, 1.807) is 63.0 Å². The van der Waals surface area contributed by atoms with Gasteiger partial charge in [0.2, 0.25) is 0 Å². The van der Waals surface area contributed by atoms with Gasteiger partial charge in [-0.2, -0.15) is 5.10 Å². The van der Waals surface area contributed by atoms with E-state index in [-0.39, 0.29) is 26.2 Å². The van der Waals surface area contributed by atoms with Gasteiger partial charge in [-0.15, -0.1) is 0 Å². The zero-order valence-corrected chi connectivity index (χ0v) is 19.5. The van der Waals surface area contributed by atoms with E-state index in [0.29, 0.717) is 34.1 Å². The zero-order valence-electron chi connectivity index (χ0n) is 19.5. The van der Waals surface area contributed by atoms with Crippen LogP contribution in [0.3, 0.4) is 0 Å². The maximum atomic E-state index is 13.5. The molecule has 0 saturated carbocycles. The Labute approximate surface area is 203 Å². The Morgan fingerprint density at radius 3 is 2.74 bits per heavy atom. The van der Waals surface area contributed by atoms with Crippen LogP contribution in [0, 0.1) is 5.92 Å². The molecule has 0 saturated heterocycles. The van der Waals surface area contributed by atoms with Crippen LogP contribution in [0.1, 0.15) is 20.8 Å². The van der Waals surface area contributed by atoms with Crippen molar-refractivity contribution in [1.82, 2.24) is 9.97 Å². The molecule has 1 amide bonds. The molecule has 0 fully saturated rings. The van der Waals surface area contributed by atoms with E-state index in [1.807, 2.05) is 0 Å². The van der Waals surface area contributed by atoms with Crippen LogP contribution >= 0.6 is 0 Å². The van der Waals surface area contributed by atoms with Crippen LogP contribution in [0.15, 0.2) is 66.2 Å². The van der Waals surface area contributed by atoms with Crippen molar-refractivity contribution in [2.24, 2.45) is 11.0 Å². The SMILES string of the molecule is COc1ccc(N2N=C(C)C(COCNc3cccc(C(C)(F)F)c3)C2=O)cc1-c1cnccn1.[HH]. The number of carbonyl (C=O) groups is 1. The second-order valence-electron chi connectivity index (χ2n) is 8.08. The third-order valence-electron chi connectivity index (χ3n) is 5.57. The number of methoxy groups -OCH3 is 1. The van der Waals surface area contributed by atoms with Crippen LogP contribution in [-0.4, -0.2) is 42.0 Å². The van der Waals surface area contributed by atoms with Gasteiger partial charge in [0.05, 0.1) is 37.0 Å². The lowest BCUT2D eigenvalue weighted by Crippen LogP contribution is -2.30. The Morgan fingerprint density at radius 1 is 1.20 bits per heavy atom. The molecule has 0 radical (unpaired) electrons. The monoisotopic (exact) mass is 483 g/mol. The number of rotatable bonds is 9. The summed E-state index contributed by atoms with van der Waals surface area (Å²) in [4.78, 5) is 21.5. The van der Waals surface area contributed by atoms with Crippen LogP contribution < -0.4 is 15.1 Å². The molecule has 0 aliphatic carbocycles. The van der Waals surface area contributed by atoms with Gasteiger partial charge in [-0.1, -0.05) is 12.1 Å². The number of benzene rings is 2. The fraction of sp³-hybridized carbons (Fsp3) is 0.280. The number of nitrogens with zero attached hydrogens (tertiary/aromatic N) is 4. The highest BCUT2D eigenvalue weighted by molar-refractivity contribution is 6.15. The molecule has 1 aliphatic rings. The van der Waals surface area contributed by atoms with Crippen LogP contribution in [0.5, 0.6) is 5.75 Å². The van der Waals surface area contributed by atoms with Crippen molar-refractivity contribution in [1.29, 1.82) is 0 Å². The highest BCUT2D eigenvalue weighted by atomic mass is 19.3. The van der Waals surface area contributed by atoms with E-state index in [0.717, 1.165) is 6.92 Å². The van der Waals surface area contributed by atoms with Gasteiger partial charge in [0.15, 0.2) is 0 Å². The quantitative estimate of drug-likeness (QED) is 0.343. The average Bonchev–Trinajstić information content (AvgIpc) is 3.14. The Balaban J connectivity index is 0.00000361. The van der Waals surface area contributed by atoms with Gasteiger partial charge in [-0.05, 0) is 37.3 Å². The fourth-order valence-electron chi connectivity index (χ4n) is 3.66. The van der Waals surface area contributed by atoms with Gasteiger partial charge >= 0.3 is 0 Å². The minimum atomic E-state index is -2.93. The molecule has 35 heavy (non-hydrogen) atoms. The number of aromatic nitrogens is 2. The highest BCUT2D eigenvalue weighted by Gasteiger charge is 2.35. The molecule has 2 aromatic carbocycles. The van der Waals surface area contributed by atoms with E-state index in [2.05, 4.69) is 20.4 Å². The van der Waals surface area contributed by atoms with Gasteiger partial charge in [0.25, 0.3) is 11.8 Å². The first-order valence-corrected chi connectivity index (χ1v) is 10.9. The molecule has 3 aromatic rings. The topological polar surface area (TPSA) is 88.9 Å². The number of hydrogen-bond donors (Lipinski definition) is 1. The predicted molar refractivity (Wildman–Crippen MR) is 131 cm³/mol. The summed E-state index contributed by atoms with van der Waals surface area (Å²) in [6.07, 6.45) is 4.77. The Hall–Kier alpha value is -3.92. The summed E-state index contributed by atoms with van der Waals surface area (Å²) in [5.41, 5.74) is 2.88. The molecule has 1 N–H and O–H groups in total. The van der Waals surface area contributed by atoms with Crippen molar-refractivity contribution in [2.45, 2.75) is 19.8 Å². The third kappa shape index (κ3) is 5.43. The van der Waals surface area contributed by atoms with Crippen LogP contribution in [0.25, 0.3) is 11.3 Å². The van der Waals surface area contributed by atoms with Crippen LogP contribution in [0.4, 0.5) is 20.2 Å². The summed E-state index contributed by atoms with van der Waals surface area (Å²) in [5.74, 6) is -3.13. The number of anilines is 2. The normalized spacial score (nSPS) is 15.8. The molecule has 8 nitrogen and oxygen atoms in total. The van der Waals surface area contributed by atoms with Crippen LogP contribution in [0.2, 0.25) is 0 Å². The van der Waals surface area contributed by atoms with E-state index in [1.165, 1.54) is 17.1 Å².